The van der Waals surface area contributed by atoms with Crippen LogP contribution in [0.4, 0.5) is 5.69 Å². The molecule has 3 rings (SSSR count). The Morgan fingerprint density at radius 1 is 1.31 bits per heavy atom. The number of anilines is 1. The number of rotatable bonds is 6. The second kappa shape index (κ2) is 9.44. The van der Waals surface area contributed by atoms with Crippen LogP contribution in [0.2, 0.25) is 0 Å². The maximum absolute atomic E-state index is 12.7. The van der Waals surface area contributed by atoms with Crippen LogP contribution in [0.1, 0.15) is 28.4 Å². The zero-order chi connectivity index (χ0) is 18.4. The van der Waals surface area contributed by atoms with E-state index in [9.17, 15) is 4.79 Å². The molecule has 1 aromatic heterocycles. The lowest BCUT2D eigenvalue weighted by Gasteiger charge is -2.27. The van der Waals surface area contributed by atoms with E-state index in [0.717, 1.165) is 41.7 Å². The van der Waals surface area contributed by atoms with Gasteiger partial charge in [0, 0.05) is 48.6 Å². The van der Waals surface area contributed by atoms with Crippen LogP contribution in [0.15, 0.2) is 41.6 Å². The van der Waals surface area contributed by atoms with Gasteiger partial charge in [0.05, 0.1) is 5.03 Å². The van der Waals surface area contributed by atoms with Crippen LogP contribution in [0, 0.1) is 6.92 Å². The summed E-state index contributed by atoms with van der Waals surface area (Å²) in [5, 5.41) is 3.96. The monoisotopic (exact) mass is 387 g/mol. The van der Waals surface area contributed by atoms with E-state index in [2.05, 4.69) is 35.1 Å². The van der Waals surface area contributed by atoms with Crippen molar-refractivity contribution in [1.29, 1.82) is 0 Å². The molecule has 1 aromatic carbocycles. The van der Waals surface area contributed by atoms with E-state index in [1.807, 2.05) is 30.0 Å². The summed E-state index contributed by atoms with van der Waals surface area (Å²) in [7, 11) is 0. The van der Waals surface area contributed by atoms with Gasteiger partial charge in [0.25, 0.3) is 5.91 Å². The smallest absolute Gasteiger partial charge is 0.255 e. The maximum Gasteiger partial charge on any atom is 0.255 e. The Morgan fingerprint density at radius 3 is 2.88 bits per heavy atom. The molecule has 138 valence electrons. The largest absolute Gasteiger partial charge is 0.322 e. The number of amides is 1. The highest BCUT2D eigenvalue weighted by atomic mass is 32.2. The minimum atomic E-state index is -0.0834. The first-order valence-corrected chi connectivity index (χ1v) is 11.1. The lowest BCUT2D eigenvalue weighted by Crippen LogP contribution is -2.32. The number of hydrogen-bond donors (Lipinski definition) is 1. The van der Waals surface area contributed by atoms with Gasteiger partial charge in [-0.3, -0.25) is 9.69 Å². The number of nitrogens with one attached hydrogen (secondary N) is 1. The molecule has 0 radical (unpaired) electrons. The molecule has 0 aliphatic carbocycles. The fourth-order valence-electron chi connectivity index (χ4n) is 2.96. The van der Waals surface area contributed by atoms with Crippen molar-refractivity contribution in [1.82, 2.24) is 9.88 Å². The van der Waals surface area contributed by atoms with E-state index in [4.69, 9.17) is 0 Å². The third kappa shape index (κ3) is 5.02. The fourth-order valence-corrected chi connectivity index (χ4v) is 4.58. The average Bonchev–Trinajstić information content (AvgIpc) is 2.66. The summed E-state index contributed by atoms with van der Waals surface area (Å²) in [5.74, 6) is 3.26. The lowest BCUT2D eigenvalue weighted by atomic mass is 10.1. The van der Waals surface area contributed by atoms with Gasteiger partial charge >= 0.3 is 0 Å². The highest BCUT2D eigenvalue weighted by Crippen LogP contribution is 2.23. The summed E-state index contributed by atoms with van der Waals surface area (Å²) in [6.45, 7) is 7.39. The van der Waals surface area contributed by atoms with Crippen molar-refractivity contribution in [3.63, 3.8) is 0 Å². The molecule has 1 aliphatic rings. The molecule has 2 aromatic rings. The summed E-state index contributed by atoms with van der Waals surface area (Å²) < 4.78 is 0. The molecule has 6 heteroatoms. The Kier molecular flexibility index (Phi) is 7.00. The summed E-state index contributed by atoms with van der Waals surface area (Å²) in [4.78, 5) is 19.4. The molecule has 1 aliphatic heterocycles. The van der Waals surface area contributed by atoms with Gasteiger partial charge in [-0.05, 0) is 42.0 Å². The number of carbonyl (C=O) groups excluding carboxylic acids is 1. The number of hydrogen-bond acceptors (Lipinski definition) is 5. The molecule has 1 fully saturated rings. The van der Waals surface area contributed by atoms with E-state index in [1.165, 1.54) is 17.1 Å². The zero-order valence-electron chi connectivity index (χ0n) is 15.3. The number of carbonyl (C=O) groups is 1. The van der Waals surface area contributed by atoms with Crippen LogP contribution in [-0.2, 0) is 6.54 Å². The molecule has 1 amide bonds. The fraction of sp³-hybridized carbons (Fsp3) is 0.400. The predicted octanol–water partition coefficient (Wildman–Crippen LogP) is 4.30. The van der Waals surface area contributed by atoms with Crippen molar-refractivity contribution < 1.29 is 4.79 Å². The summed E-state index contributed by atoms with van der Waals surface area (Å²) in [6.07, 6.45) is 1.70. The van der Waals surface area contributed by atoms with Crippen molar-refractivity contribution in [3.05, 3.63) is 53.2 Å². The Bertz CT molecular complexity index is 760. The Labute approximate surface area is 164 Å². The highest BCUT2D eigenvalue weighted by molar-refractivity contribution is 7.99. The lowest BCUT2D eigenvalue weighted by molar-refractivity contribution is 0.102. The molecule has 0 bridgehead atoms. The van der Waals surface area contributed by atoms with Crippen LogP contribution < -0.4 is 5.32 Å². The van der Waals surface area contributed by atoms with Gasteiger partial charge < -0.3 is 5.32 Å². The summed E-state index contributed by atoms with van der Waals surface area (Å²) in [6, 6.07) is 9.79. The van der Waals surface area contributed by atoms with Gasteiger partial charge in [-0.2, -0.15) is 11.8 Å². The first-order chi connectivity index (χ1) is 12.7. The average molecular weight is 388 g/mol. The molecule has 1 saturated heterocycles. The van der Waals surface area contributed by atoms with Crippen molar-refractivity contribution in [2.24, 2.45) is 0 Å². The molecule has 2 heterocycles. The molecule has 1 N–H and O–H groups in total. The van der Waals surface area contributed by atoms with Crippen molar-refractivity contribution in [2.75, 3.05) is 35.7 Å². The van der Waals surface area contributed by atoms with E-state index in [-0.39, 0.29) is 5.91 Å². The SMILES string of the molecule is CCSc1cc(C(=O)Nc2cccc(CN3CCSCC3)c2C)ccn1. The topological polar surface area (TPSA) is 45.2 Å². The van der Waals surface area contributed by atoms with Crippen molar-refractivity contribution >= 4 is 35.1 Å². The van der Waals surface area contributed by atoms with Gasteiger partial charge in [-0.1, -0.05) is 19.1 Å². The Hall–Kier alpha value is -1.50. The van der Waals surface area contributed by atoms with Crippen LogP contribution in [-0.4, -0.2) is 46.1 Å². The first kappa shape index (κ1) is 19.3. The zero-order valence-corrected chi connectivity index (χ0v) is 17.0. The van der Waals surface area contributed by atoms with Crippen LogP contribution in [0.25, 0.3) is 0 Å². The minimum absolute atomic E-state index is 0.0834. The van der Waals surface area contributed by atoms with Crippen molar-refractivity contribution in [3.8, 4) is 0 Å². The molecule has 0 atom stereocenters. The molecular weight excluding hydrogens is 362 g/mol. The normalized spacial score (nSPS) is 15.0. The number of nitrogens with zero attached hydrogens (tertiary/aromatic N) is 2. The molecule has 0 saturated carbocycles. The third-order valence-corrected chi connectivity index (χ3v) is 6.23. The molecular formula is C20H25N3OS2. The van der Waals surface area contributed by atoms with Gasteiger partial charge in [0.2, 0.25) is 0 Å². The van der Waals surface area contributed by atoms with E-state index >= 15 is 0 Å². The van der Waals surface area contributed by atoms with E-state index in [1.54, 1.807) is 24.0 Å². The second-order valence-corrected chi connectivity index (χ2v) is 8.76. The quantitative estimate of drug-likeness (QED) is 0.749. The minimum Gasteiger partial charge on any atom is -0.322 e. The van der Waals surface area contributed by atoms with Crippen LogP contribution >= 0.6 is 23.5 Å². The third-order valence-electron chi connectivity index (χ3n) is 4.48. The number of aromatic nitrogens is 1. The highest BCUT2D eigenvalue weighted by Gasteiger charge is 2.14. The Morgan fingerprint density at radius 2 is 2.12 bits per heavy atom. The van der Waals surface area contributed by atoms with Gasteiger partial charge in [-0.15, -0.1) is 11.8 Å². The first-order valence-electron chi connectivity index (χ1n) is 8.96. The standard InChI is InChI=1S/C20H25N3OS2/c1-3-26-19-13-16(7-8-21-19)20(24)22-18-6-4-5-17(15(18)2)14-23-9-11-25-12-10-23/h4-8,13H,3,9-12,14H2,1-2H3,(H,22,24). The van der Waals surface area contributed by atoms with Gasteiger partial charge in [-0.25, -0.2) is 4.98 Å². The molecule has 4 nitrogen and oxygen atoms in total. The number of benzene rings is 1. The van der Waals surface area contributed by atoms with Crippen molar-refractivity contribution in [2.45, 2.75) is 25.4 Å². The number of thioether (sulfide) groups is 2. The Balaban J connectivity index is 1.72. The maximum atomic E-state index is 12.7. The van der Waals surface area contributed by atoms with Gasteiger partial charge in [0.15, 0.2) is 0 Å². The van der Waals surface area contributed by atoms with E-state index in [0.29, 0.717) is 5.56 Å². The predicted molar refractivity (Wildman–Crippen MR) is 112 cm³/mol. The molecule has 0 spiro atoms. The number of pyridine rings is 1. The van der Waals surface area contributed by atoms with E-state index < -0.39 is 0 Å². The molecule has 26 heavy (non-hydrogen) atoms. The van der Waals surface area contributed by atoms with Crippen LogP contribution in [0.5, 0.6) is 0 Å². The second-order valence-electron chi connectivity index (χ2n) is 6.25. The summed E-state index contributed by atoms with van der Waals surface area (Å²) in [5.41, 5.74) is 3.97. The van der Waals surface area contributed by atoms with Crippen LogP contribution in [0.3, 0.4) is 0 Å². The molecule has 0 unspecified atom stereocenters. The summed E-state index contributed by atoms with van der Waals surface area (Å²) >= 11 is 3.66. The van der Waals surface area contributed by atoms with Gasteiger partial charge in [0.1, 0.15) is 0 Å².